The molecule has 0 saturated carbocycles. The number of rotatable bonds is 2. The van der Waals surface area contributed by atoms with Gasteiger partial charge in [-0.2, -0.15) is 0 Å². The summed E-state index contributed by atoms with van der Waals surface area (Å²) in [6.45, 7) is 7.91. The summed E-state index contributed by atoms with van der Waals surface area (Å²) in [5.74, 6) is 0. The fourth-order valence-electron chi connectivity index (χ4n) is 1.73. The standard InChI is InChI=1S/C15H14Cl2N2O.C2H6/c1-9-3-4-10(2)14(7-9)19-15(20)18-11-5-6-12(16)13(17)8-11;1-2/h3-8H,1-2H3,(H2,18,19,20);1-2H3. The van der Waals surface area contributed by atoms with Gasteiger partial charge in [-0.15, -0.1) is 0 Å². The van der Waals surface area contributed by atoms with Crippen LogP contribution in [0.2, 0.25) is 10.0 Å². The minimum absolute atomic E-state index is 0.322. The van der Waals surface area contributed by atoms with Crippen molar-refractivity contribution in [3.05, 3.63) is 57.6 Å². The van der Waals surface area contributed by atoms with Crippen LogP contribution >= 0.6 is 23.2 Å². The van der Waals surface area contributed by atoms with E-state index in [9.17, 15) is 4.79 Å². The summed E-state index contributed by atoms with van der Waals surface area (Å²) < 4.78 is 0. The van der Waals surface area contributed by atoms with Crippen LogP contribution in [0.15, 0.2) is 36.4 Å². The fraction of sp³-hybridized carbons (Fsp3) is 0.235. The predicted octanol–water partition coefficient (Wildman–Crippen LogP) is 6.28. The SMILES string of the molecule is CC.Cc1ccc(C)c(NC(=O)Nc2ccc(Cl)c(Cl)c2)c1. The second kappa shape index (κ2) is 8.66. The van der Waals surface area contributed by atoms with Crippen LogP contribution in [0.1, 0.15) is 25.0 Å². The number of urea groups is 1. The maximum absolute atomic E-state index is 11.9. The number of anilines is 2. The van der Waals surface area contributed by atoms with Gasteiger partial charge in [-0.25, -0.2) is 4.79 Å². The average molecular weight is 339 g/mol. The van der Waals surface area contributed by atoms with E-state index in [0.29, 0.717) is 15.7 Å². The van der Waals surface area contributed by atoms with Gasteiger partial charge in [0, 0.05) is 11.4 Å². The number of amides is 2. The first kappa shape index (κ1) is 18.3. The van der Waals surface area contributed by atoms with Crippen molar-refractivity contribution in [2.45, 2.75) is 27.7 Å². The lowest BCUT2D eigenvalue weighted by Crippen LogP contribution is -2.20. The Balaban J connectivity index is 0.00000116. The predicted molar refractivity (Wildman–Crippen MR) is 96.4 cm³/mol. The Labute approximate surface area is 141 Å². The van der Waals surface area contributed by atoms with E-state index in [4.69, 9.17) is 23.2 Å². The van der Waals surface area contributed by atoms with Gasteiger partial charge in [0.15, 0.2) is 0 Å². The molecule has 0 spiro atoms. The van der Waals surface area contributed by atoms with Crippen molar-refractivity contribution in [2.75, 3.05) is 10.6 Å². The molecule has 0 radical (unpaired) electrons. The van der Waals surface area contributed by atoms with E-state index in [-0.39, 0.29) is 6.03 Å². The zero-order valence-electron chi connectivity index (χ0n) is 13.1. The average Bonchev–Trinajstić information content (AvgIpc) is 2.49. The van der Waals surface area contributed by atoms with Crippen molar-refractivity contribution >= 4 is 40.6 Å². The van der Waals surface area contributed by atoms with Crippen LogP contribution in [0.4, 0.5) is 16.2 Å². The van der Waals surface area contributed by atoms with Gasteiger partial charge in [-0.05, 0) is 49.2 Å². The molecule has 0 saturated heterocycles. The third-order valence-corrected chi connectivity index (χ3v) is 3.56. The lowest BCUT2D eigenvalue weighted by atomic mass is 10.1. The molecule has 2 aromatic carbocycles. The van der Waals surface area contributed by atoms with E-state index in [1.165, 1.54) is 0 Å². The lowest BCUT2D eigenvalue weighted by Gasteiger charge is -2.11. The zero-order chi connectivity index (χ0) is 16.7. The molecule has 0 unspecified atom stereocenters. The molecule has 22 heavy (non-hydrogen) atoms. The lowest BCUT2D eigenvalue weighted by molar-refractivity contribution is 0.262. The highest BCUT2D eigenvalue weighted by molar-refractivity contribution is 6.42. The number of nitrogens with one attached hydrogen (secondary N) is 2. The Morgan fingerprint density at radius 1 is 0.909 bits per heavy atom. The Morgan fingerprint density at radius 3 is 2.23 bits per heavy atom. The molecule has 2 amide bonds. The summed E-state index contributed by atoms with van der Waals surface area (Å²) in [4.78, 5) is 11.9. The van der Waals surface area contributed by atoms with Crippen molar-refractivity contribution in [3.8, 4) is 0 Å². The summed E-state index contributed by atoms with van der Waals surface area (Å²) in [5.41, 5.74) is 3.45. The Hall–Kier alpha value is -1.71. The van der Waals surface area contributed by atoms with Gasteiger partial charge in [-0.1, -0.05) is 49.2 Å². The van der Waals surface area contributed by atoms with E-state index in [1.807, 2.05) is 45.9 Å². The first-order valence-corrected chi connectivity index (χ1v) is 7.81. The third kappa shape index (κ3) is 5.24. The van der Waals surface area contributed by atoms with Gasteiger partial charge in [0.2, 0.25) is 0 Å². The number of carbonyl (C=O) groups is 1. The Kier molecular flexibility index (Phi) is 7.22. The van der Waals surface area contributed by atoms with Crippen molar-refractivity contribution in [1.82, 2.24) is 0 Å². The highest BCUT2D eigenvalue weighted by atomic mass is 35.5. The fourth-order valence-corrected chi connectivity index (χ4v) is 2.03. The first-order valence-electron chi connectivity index (χ1n) is 7.06. The number of benzene rings is 2. The minimum atomic E-state index is -0.322. The summed E-state index contributed by atoms with van der Waals surface area (Å²) in [6, 6.07) is 10.5. The highest BCUT2D eigenvalue weighted by Crippen LogP contribution is 2.25. The first-order chi connectivity index (χ1) is 10.5. The minimum Gasteiger partial charge on any atom is -0.308 e. The molecule has 0 heterocycles. The monoisotopic (exact) mass is 338 g/mol. The molecule has 0 bridgehead atoms. The normalized spacial score (nSPS) is 9.55. The van der Waals surface area contributed by atoms with Crippen LogP contribution in [-0.2, 0) is 0 Å². The molecular formula is C17H20Cl2N2O. The topological polar surface area (TPSA) is 41.1 Å². The van der Waals surface area contributed by atoms with Crippen molar-refractivity contribution in [3.63, 3.8) is 0 Å². The van der Waals surface area contributed by atoms with Crippen LogP contribution < -0.4 is 10.6 Å². The number of carbonyl (C=O) groups excluding carboxylic acids is 1. The molecule has 0 aliphatic heterocycles. The Morgan fingerprint density at radius 2 is 1.59 bits per heavy atom. The largest absolute Gasteiger partial charge is 0.323 e. The molecule has 3 nitrogen and oxygen atoms in total. The number of aryl methyl sites for hydroxylation is 2. The molecule has 0 aromatic heterocycles. The maximum Gasteiger partial charge on any atom is 0.323 e. The van der Waals surface area contributed by atoms with Gasteiger partial charge >= 0.3 is 6.03 Å². The quantitative estimate of drug-likeness (QED) is 0.664. The molecule has 2 rings (SSSR count). The molecule has 0 fully saturated rings. The summed E-state index contributed by atoms with van der Waals surface area (Å²) in [6.07, 6.45) is 0. The van der Waals surface area contributed by atoms with E-state index in [2.05, 4.69) is 10.6 Å². The molecule has 2 aromatic rings. The van der Waals surface area contributed by atoms with Crippen molar-refractivity contribution in [2.24, 2.45) is 0 Å². The van der Waals surface area contributed by atoms with Gasteiger partial charge < -0.3 is 10.6 Å². The number of hydrogen-bond donors (Lipinski definition) is 2. The van der Waals surface area contributed by atoms with Crippen LogP contribution in [0.3, 0.4) is 0 Å². The van der Waals surface area contributed by atoms with E-state index in [0.717, 1.165) is 16.8 Å². The van der Waals surface area contributed by atoms with E-state index < -0.39 is 0 Å². The van der Waals surface area contributed by atoms with E-state index >= 15 is 0 Å². The number of halogens is 2. The second-order valence-corrected chi connectivity index (χ2v) is 5.34. The number of hydrogen-bond acceptors (Lipinski definition) is 1. The van der Waals surface area contributed by atoms with Gasteiger partial charge in [0.05, 0.1) is 10.0 Å². The molecule has 5 heteroatoms. The van der Waals surface area contributed by atoms with Crippen LogP contribution in [0, 0.1) is 13.8 Å². The van der Waals surface area contributed by atoms with Gasteiger partial charge in [0.25, 0.3) is 0 Å². The molecular weight excluding hydrogens is 319 g/mol. The van der Waals surface area contributed by atoms with Crippen LogP contribution in [-0.4, -0.2) is 6.03 Å². The Bertz CT molecular complexity index is 657. The summed E-state index contributed by atoms with van der Waals surface area (Å²) in [5, 5.41) is 6.37. The van der Waals surface area contributed by atoms with Crippen molar-refractivity contribution < 1.29 is 4.79 Å². The molecule has 2 N–H and O–H groups in total. The third-order valence-electron chi connectivity index (χ3n) is 2.82. The van der Waals surface area contributed by atoms with Crippen LogP contribution in [0.5, 0.6) is 0 Å². The van der Waals surface area contributed by atoms with E-state index in [1.54, 1.807) is 18.2 Å². The van der Waals surface area contributed by atoms with Crippen LogP contribution in [0.25, 0.3) is 0 Å². The van der Waals surface area contributed by atoms with Crippen molar-refractivity contribution in [1.29, 1.82) is 0 Å². The van der Waals surface area contributed by atoms with Gasteiger partial charge in [-0.3, -0.25) is 0 Å². The van der Waals surface area contributed by atoms with Gasteiger partial charge in [0.1, 0.15) is 0 Å². The maximum atomic E-state index is 11.9. The molecule has 118 valence electrons. The molecule has 0 atom stereocenters. The molecule has 0 aliphatic carbocycles. The summed E-state index contributed by atoms with van der Waals surface area (Å²) in [7, 11) is 0. The molecule has 0 aliphatic rings. The smallest absolute Gasteiger partial charge is 0.308 e. The highest BCUT2D eigenvalue weighted by Gasteiger charge is 2.06. The second-order valence-electron chi connectivity index (χ2n) is 4.53. The zero-order valence-corrected chi connectivity index (χ0v) is 14.6. The summed E-state index contributed by atoms with van der Waals surface area (Å²) >= 11 is 11.7.